The van der Waals surface area contributed by atoms with E-state index in [0.29, 0.717) is 5.56 Å². The molecule has 0 bridgehead atoms. The van der Waals surface area contributed by atoms with Gasteiger partial charge in [-0.2, -0.15) is 5.26 Å². The summed E-state index contributed by atoms with van der Waals surface area (Å²) in [6, 6.07) is 55.9. The van der Waals surface area contributed by atoms with Crippen LogP contribution in [0.5, 0.6) is 0 Å². The Bertz CT molecular complexity index is 2710. The van der Waals surface area contributed by atoms with Gasteiger partial charge in [0.05, 0.1) is 28.1 Å². The highest BCUT2D eigenvalue weighted by Crippen LogP contribution is 2.51. The molecule has 0 amide bonds. The van der Waals surface area contributed by atoms with Crippen LogP contribution in [0.15, 0.2) is 156 Å². The second-order valence-corrected chi connectivity index (χ2v) is 12.3. The molecule has 7 aromatic carbocycles. The Balaban J connectivity index is 1.29. The van der Waals surface area contributed by atoms with Gasteiger partial charge in [-0.15, -0.1) is 0 Å². The van der Waals surface area contributed by atoms with Crippen molar-refractivity contribution in [3.8, 4) is 34.0 Å². The van der Waals surface area contributed by atoms with E-state index in [9.17, 15) is 5.26 Å². The van der Waals surface area contributed by atoms with Gasteiger partial charge in [0, 0.05) is 33.3 Å². The van der Waals surface area contributed by atoms with Gasteiger partial charge in [0.1, 0.15) is 11.2 Å². The third-order valence-corrected chi connectivity index (χ3v) is 9.94. The quantitative estimate of drug-likeness (QED) is 0.203. The highest BCUT2D eigenvalue weighted by atomic mass is 16.3. The second-order valence-electron chi connectivity index (χ2n) is 12.3. The molecule has 0 fully saturated rings. The number of aromatic nitrogens is 1. The summed E-state index contributed by atoms with van der Waals surface area (Å²) in [5.41, 5.74) is 13.9. The maximum Gasteiger partial charge on any atom is 0.145 e. The zero-order valence-corrected chi connectivity index (χ0v) is 25.3. The number of para-hydroxylation sites is 2. The maximum atomic E-state index is 10.5. The lowest BCUT2D eigenvalue weighted by Gasteiger charge is -2.20. The standard InChI is InChI=1S/C44H26N2O/c45-26-28-11-10-19-37(42-33-17-6-4-14-30(33)31-15-5-7-18-34(31)42)41(28)27-21-22-36-39(25-27)46(29-12-2-1-3-13-29)38-24-23-35-32-16-8-9-20-40(32)47-44(35)43(36)38/h1-25,42H. The molecule has 0 aliphatic heterocycles. The van der Waals surface area contributed by atoms with Gasteiger partial charge in [-0.1, -0.05) is 109 Å². The lowest BCUT2D eigenvalue weighted by atomic mass is 9.82. The van der Waals surface area contributed by atoms with E-state index in [1.807, 2.05) is 30.3 Å². The molecule has 9 aromatic rings. The van der Waals surface area contributed by atoms with Crippen molar-refractivity contribution in [2.24, 2.45) is 0 Å². The number of rotatable bonds is 3. The molecule has 1 aliphatic carbocycles. The number of hydrogen-bond acceptors (Lipinski definition) is 2. The van der Waals surface area contributed by atoms with Gasteiger partial charge in [0.2, 0.25) is 0 Å². The molecule has 1 aliphatic rings. The number of furan rings is 1. The van der Waals surface area contributed by atoms with Crippen molar-refractivity contribution in [1.82, 2.24) is 4.57 Å². The Labute approximate surface area is 271 Å². The fourth-order valence-electron chi connectivity index (χ4n) is 8.01. The van der Waals surface area contributed by atoms with E-state index < -0.39 is 0 Å². The highest BCUT2D eigenvalue weighted by molar-refractivity contribution is 6.24. The molecule has 0 spiro atoms. The van der Waals surface area contributed by atoms with Crippen LogP contribution in [0.4, 0.5) is 0 Å². The topological polar surface area (TPSA) is 41.9 Å². The van der Waals surface area contributed by atoms with Crippen molar-refractivity contribution in [3.05, 3.63) is 174 Å². The van der Waals surface area contributed by atoms with E-state index in [4.69, 9.17) is 4.42 Å². The molecule has 2 heterocycles. The summed E-state index contributed by atoms with van der Waals surface area (Å²) in [5, 5.41) is 15.0. The van der Waals surface area contributed by atoms with Crippen LogP contribution in [0.1, 0.15) is 28.2 Å². The largest absolute Gasteiger partial charge is 0.455 e. The van der Waals surface area contributed by atoms with Crippen LogP contribution >= 0.6 is 0 Å². The van der Waals surface area contributed by atoms with Crippen LogP contribution in [0.3, 0.4) is 0 Å². The average molecular weight is 599 g/mol. The van der Waals surface area contributed by atoms with Gasteiger partial charge in [0.15, 0.2) is 0 Å². The number of nitrogens with zero attached hydrogens (tertiary/aromatic N) is 2. The molecule has 0 unspecified atom stereocenters. The van der Waals surface area contributed by atoms with Crippen LogP contribution in [-0.2, 0) is 0 Å². The fraction of sp³-hybridized carbons (Fsp3) is 0.0227. The SMILES string of the molecule is N#Cc1cccc(C2c3ccccc3-c3ccccc32)c1-c1ccc2c3c4oc5ccccc5c4ccc3n(-c3ccccc3)c2c1. The Morgan fingerprint density at radius 1 is 0.553 bits per heavy atom. The molecule has 10 rings (SSSR count). The fourth-order valence-corrected chi connectivity index (χ4v) is 8.01. The summed E-state index contributed by atoms with van der Waals surface area (Å²) in [7, 11) is 0. The van der Waals surface area contributed by atoms with Crippen molar-refractivity contribution in [2.45, 2.75) is 5.92 Å². The van der Waals surface area contributed by atoms with Crippen molar-refractivity contribution in [3.63, 3.8) is 0 Å². The molecule has 0 radical (unpaired) electrons. The molecule has 47 heavy (non-hydrogen) atoms. The molecule has 0 N–H and O–H groups in total. The van der Waals surface area contributed by atoms with Gasteiger partial charge in [0.25, 0.3) is 0 Å². The van der Waals surface area contributed by atoms with Gasteiger partial charge in [-0.25, -0.2) is 0 Å². The molecule has 0 saturated heterocycles. The maximum absolute atomic E-state index is 10.5. The molecule has 3 heteroatoms. The van der Waals surface area contributed by atoms with E-state index in [0.717, 1.165) is 66.1 Å². The number of nitriles is 1. The molecule has 0 atom stereocenters. The molecule has 2 aromatic heterocycles. The summed E-state index contributed by atoms with van der Waals surface area (Å²) in [6.07, 6.45) is 0. The van der Waals surface area contributed by atoms with Gasteiger partial charge in [-0.3, -0.25) is 0 Å². The van der Waals surface area contributed by atoms with Gasteiger partial charge < -0.3 is 8.98 Å². The Kier molecular flexibility index (Phi) is 5.41. The average Bonchev–Trinajstić information content (AvgIpc) is 3.79. The summed E-state index contributed by atoms with van der Waals surface area (Å²) < 4.78 is 8.90. The van der Waals surface area contributed by atoms with Crippen molar-refractivity contribution < 1.29 is 4.42 Å². The zero-order chi connectivity index (χ0) is 31.1. The van der Waals surface area contributed by atoms with Crippen molar-refractivity contribution >= 4 is 43.7 Å². The highest BCUT2D eigenvalue weighted by Gasteiger charge is 2.32. The predicted molar refractivity (Wildman–Crippen MR) is 191 cm³/mol. The first-order valence-electron chi connectivity index (χ1n) is 16.0. The first-order chi connectivity index (χ1) is 23.3. The minimum absolute atomic E-state index is 0.0246. The van der Waals surface area contributed by atoms with Crippen LogP contribution < -0.4 is 0 Å². The van der Waals surface area contributed by atoms with E-state index in [2.05, 4.69) is 132 Å². The van der Waals surface area contributed by atoms with E-state index >= 15 is 0 Å². The molecule has 218 valence electrons. The minimum Gasteiger partial charge on any atom is -0.455 e. The lowest BCUT2D eigenvalue weighted by Crippen LogP contribution is -2.03. The van der Waals surface area contributed by atoms with E-state index in [1.165, 1.54) is 22.3 Å². The first-order valence-corrected chi connectivity index (χ1v) is 16.0. The molecular weight excluding hydrogens is 572 g/mol. The smallest absolute Gasteiger partial charge is 0.145 e. The first kappa shape index (κ1) is 25.9. The molecule has 3 nitrogen and oxygen atoms in total. The zero-order valence-electron chi connectivity index (χ0n) is 25.3. The van der Waals surface area contributed by atoms with Crippen molar-refractivity contribution in [2.75, 3.05) is 0 Å². The predicted octanol–water partition coefficient (Wildman–Crippen LogP) is 11.4. The monoisotopic (exact) mass is 598 g/mol. The van der Waals surface area contributed by atoms with Crippen LogP contribution in [-0.4, -0.2) is 4.57 Å². The second kappa shape index (κ2) is 9.81. The molecular formula is C44H26N2O. The molecule has 0 saturated carbocycles. The van der Waals surface area contributed by atoms with Crippen LogP contribution in [0.25, 0.3) is 71.7 Å². The summed E-state index contributed by atoms with van der Waals surface area (Å²) in [4.78, 5) is 0. The third kappa shape index (κ3) is 3.61. The van der Waals surface area contributed by atoms with Crippen LogP contribution in [0.2, 0.25) is 0 Å². The van der Waals surface area contributed by atoms with E-state index in [-0.39, 0.29) is 5.92 Å². The number of fused-ring (bicyclic) bond motifs is 10. The number of benzene rings is 7. The summed E-state index contributed by atoms with van der Waals surface area (Å²) >= 11 is 0. The van der Waals surface area contributed by atoms with Crippen LogP contribution in [0, 0.1) is 11.3 Å². The van der Waals surface area contributed by atoms with E-state index in [1.54, 1.807) is 0 Å². The van der Waals surface area contributed by atoms with Crippen molar-refractivity contribution in [1.29, 1.82) is 5.26 Å². The Morgan fingerprint density at radius 3 is 2.02 bits per heavy atom. The summed E-state index contributed by atoms with van der Waals surface area (Å²) in [5.74, 6) is 0.0246. The lowest BCUT2D eigenvalue weighted by molar-refractivity contribution is 0.673. The normalized spacial score (nSPS) is 12.6. The minimum atomic E-state index is 0.0246. The third-order valence-electron chi connectivity index (χ3n) is 9.94. The van der Waals surface area contributed by atoms with Gasteiger partial charge >= 0.3 is 0 Å². The Hall–Kier alpha value is -6.37. The Morgan fingerprint density at radius 2 is 1.23 bits per heavy atom. The number of hydrogen-bond donors (Lipinski definition) is 0. The van der Waals surface area contributed by atoms with Gasteiger partial charge in [-0.05, 0) is 75.8 Å². The summed E-state index contributed by atoms with van der Waals surface area (Å²) in [6.45, 7) is 0.